The molecule has 1 N–H and O–H groups in total. The van der Waals surface area contributed by atoms with Gasteiger partial charge in [0.1, 0.15) is 0 Å². The zero-order chi connectivity index (χ0) is 14.6. The maximum atomic E-state index is 12.1. The standard InChI is InChI=1S/C12H22N2O5S/c15-10-11-1-3-13(9-11)12(16)2-8-20(17,18)14-4-6-19-7-5-14/h11,15H,1-10H2. The Kier molecular flexibility index (Phi) is 5.36. The molecule has 2 saturated heterocycles. The van der Waals surface area contributed by atoms with Crippen molar-refractivity contribution < 1.29 is 23.1 Å². The summed E-state index contributed by atoms with van der Waals surface area (Å²) in [7, 11) is -3.37. The fourth-order valence-corrected chi connectivity index (χ4v) is 3.93. The first-order valence-corrected chi connectivity index (χ1v) is 8.58. The quantitative estimate of drug-likeness (QED) is 0.695. The molecule has 8 heteroatoms. The Balaban J connectivity index is 1.80. The molecule has 2 aliphatic rings. The molecule has 0 radical (unpaired) electrons. The van der Waals surface area contributed by atoms with Gasteiger partial charge in [0.15, 0.2) is 0 Å². The first-order chi connectivity index (χ1) is 9.53. The third-order valence-corrected chi connectivity index (χ3v) is 5.71. The average molecular weight is 306 g/mol. The van der Waals surface area contributed by atoms with E-state index in [1.807, 2.05) is 0 Å². The van der Waals surface area contributed by atoms with Crippen molar-refractivity contribution >= 4 is 15.9 Å². The van der Waals surface area contributed by atoms with Crippen molar-refractivity contribution in [2.45, 2.75) is 12.8 Å². The Bertz CT molecular complexity index is 433. The molecule has 1 unspecified atom stereocenters. The molecule has 1 amide bonds. The van der Waals surface area contributed by atoms with Crippen LogP contribution in [0.15, 0.2) is 0 Å². The average Bonchev–Trinajstić information content (AvgIpc) is 2.95. The first-order valence-electron chi connectivity index (χ1n) is 6.97. The number of carbonyl (C=O) groups excluding carboxylic acids is 1. The van der Waals surface area contributed by atoms with E-state index in [0.29, 0.717) is 39.4 Å². The summed E-state index contributed by atoms with van der Waals surface area (Å²) in [5.74, 6) is -0.154. The van der Waals surface area contributed by atoms with Crippen LogP contribution in [0.1, 0.15) is 12.8 Å². The van der Waals surface area contributed by atoms with E-state index < -0.39 is 10.0 Å². The third kappa shape index (κ3) is 3.91. The Morgan fingerprint density at radius 2 is 1.95 bits per heavy atom. The van der Waals surface area contributed by atoms with Gasteiger partial charge >= 0.3 is 0 Å². The number of hydrogen-bond acceptors (Lipinski definition) is 5. The molecule has 0 bridgehead atoms. The van der Waals surface area contributed by atoms with Crippen LogP contribution in [0.25, 0.3) is 0 Å². The first kappa shape index (κ1) is 15.7. The number of rotatable bonds is 5. The van der Waals surface area contributed by atoms with Crippen molar-refractivity contribution in [2.24, 2.45) is 5.92 Å². The number of likely N-dealkylation sites (tertiary alicyclic amines) is 1. The molecular formula is C12H22N2O5S. The third-order valence-electron chi connectivity index (χ3n) is 3.83. The van der Waals surface area contributed by atoms with E-state index in [-0.39, 0.29) is 30.6 Å². The highest BCUT2D eigenvalue weighted by atomic mass is 32.2. The highest BCUT2D eigenvalue weighted by Gasteiger charge is 2.29. The molecule has 0 aromatic carbocycles. The Morgan fingerprint density at radius 1 is 1.25 bits per heavy atom. The van der Waals surface area contributed by atoms with Crippen LogP contribution in [-0.4, -0.2) is 80.4 Å². The van der Waals surface area contributed by atoms with E-state index in [4.69, 9.17) is 9.84 Å². The summed E-state index contributed by atoms with van der Waals surface area (Å²) in [6.07, 6.45) is 0.802. The molecule has 2 heterocycles. The van der Waals surface area contributed by atoms with Gasteiger partial charge in [0, 0.05) is 45.1 Å². The van der Waals surface area contributed by atoms with Gasteiger partial charge in [-0.1, -0.05) is 0 Å². The van der Waals surface area contributed by atoms with Crippen molar-refractivity contribution in [2.75, 3.05) is 51.8 Å². The van der Waals surface area contributed by atoms with Gasteiger partial charge in [0.25, 0.3) is 0 Å². The van der Waals surface area contributed by atoms with Crippen molar-refractivity contribution in [1.29, 1.82) is 0 Å². The van der Waals surface area contributed by atoms with Gasteiger partial charge in [-0.15, -0.1) is 0 Å². The molecule has 0 spiro atoms. The zero-order valence-corrected chi connectivity index (χ0v) is 12.3. The van der Waals surface area contributed by atoms with Gasteiger partial charge in [-0.3, -0.25) is 4.79 Å². The molecule has 0 aliphatic carbocycles. The van der Waals surface area contributed by atoms with Crippen LogP contribution in [0, 0.1) is 5.92 Å². The number of morpholine rings is 1. The van der Waals surface area contributed by atoms with Crippen LogP contribution < -0.4 is 0 Å². The highest BCUT2D eigenvalue weighted by Crippen LogP contribution is 2.17. The summed E-state index contributed by atoms with van der Waals surface area (Å²) >= 11 is 0. The summed E-state index contributed by atoms with van der Waals surface area (Å²) < 4.78 is 30.7. The van der Waals surface area contributed by atoms with Crippen LogP contribution in [0.2, 0.25) is 0 Å². The van der Waals surface area contributed by atoms with Crippen LogP contribution >= 0.6 is 0 Å². The number of nitrogens with zero attached hydrogens (tertiary/aromatic N) is 2. The second-order valence-corrected chi connectivity index (χ2v) is 7.34. The van der Waals surface area contributed by atoms with Crippen LogP contribution in [0.4, 0.5) is 0 Å². The molecule has 0 aromatic heterocycles. The summed E-state index contributed by atoms with van der Waals surface area (Å²) in [5.41, 5.74) is 0. The predicted molar refractivity (Wildman–Crippen MR) is 72.6 cm³/mol. The van der Waals surface area contributed by atoms with Crippen LogP contribution in [0.3, 0.4) is 0 Å². The normalized spacial score (nSPS) is 25.1. The number of ether oxygens (including phenoxy) is 1. The Morgan fingerprint density at radius 3 is 2.55 bits per heavy atom. The Hall–Kier alpha value is -0.700. The van der Waals surface area contributed by atoms with Gasteiger partial charge in [0.2, 0.25) is 15.9 Å². The summed E-state index contributed by atoms with van der Waals surface area (Å²) in [4.78, 5) is 13.6. The maximum Gasteiger partial charge on any atom is 0.223 e. The summed E-state index contributed by atoms with van der Waals surface area (Å²) in [6, 6.07) is 0. The van der Waals surface area contributed by atoms with Crippen molar-refractivity contribution in [3.8, 4) is 0 Å². The van der Waals surface area contributed by atoms with E-state index in [9.17, 15) is 13.2 Å². The van der Waals surface area contributed by atoms with Crippen LogP contribution in [-0.2, 0) is 19.6 Å². The summed E-state index contributed by atoms with van der Waals surface area (Å²) in [5, 5.41) is 9.04. The largest absolute Gasteiger partial charge is 0.396 e. The van der Waals surface area contributed by atoms with Gasteiger partial charge < -0.3 is 14.7 Å². The fourth-order valence-electron chi connectivity index (χ4n) is 2.54. The smallest absolute Gasteiger partial charge is 0.223 e. The van der Waals surface area contributed by atoms with Gasteiger partial charge in [0.05, 0.1) is 19.0 Å². The van der Waals surface area contributed by atoms with E-state index in [1.54, 1.807) is 4.90 Å². The molecule has 2 fully saturated rings. The number of sulfonamides is 1. The highest BCUT2D eigenvalue weighted by molar-refractivity contribution is 7.89. The van der Waals surface area contributed by atoms with Gasteiger partial charge in [-0.2, -0.15) is 4.31 Å². The van der Waals surface area contributed by atoms with Gasteiger partial charge in [-0.05, 0) is 6.42 Å². The number of amides is 1. The van der Waals surface area contributed by atoms with Crippen molar-refractivity contribution in [3.63, 3.8) is 0 Å². The topological polar surface area (TPSA) is 87.2 Å². The second-order valence-electron chi connectivity index (χ2n) is 5.25. The van der Waals surface area contributed by atoms with Crippen molar-refractivity contribution in [1.82, 2.24) is 9.21 Å². The molecule has 2 aliphatic heterocycles. The molecular weight excluding hydrogens is 284 g/mol. The summed E-state index contributed by atoms with van der Waals surface area (Å²) in [6.45, 7) is 2.79. The molecule has 2 rings (SSSR count). The minimum atomic E-state index is -3.37. The molecule has 0 aromatic rings. The van der Waals surface area contributed by atoms with Crippen molar-refractivity contribution in [3.05, 3.63) is 0 Å². The molecule has 7 nitrogen and oxygen atoms in total. The van der Waals surface area contributed by atoms with E-state index in [2.05, 4.69) is 0 Å². The lowest BCUT2D eigenvalue weighted by Gasteiger charge is -2.26. The molecule has 116 valence electrons. The lowest BCUT2D eigenvalue weighted by atomic mass is 10.1. The molecule has 1 atom stereocenters. The minimum Gasteiger partial charge on any atom is -0.396 e. The van der Waals surface area contributed by atoms with E-state index in [1.165, 1.54) is 4.31 Å². The minimum absolute atomic E-state index is 0.0117. The number of hydrogen-bond donors (Lipinski definition) is 1. The van der Waals surface area contributed by atoms with Crippen LogP contribution in [0.5, 0.6) is 0 Å². The number of aliphatic hydroxyl groups is 1. The van der Waals surface area contributed by atoms with E-state index in [0.717, 1.165) is 6.42 Å². The predicted octanol–water partition coefficient (Wildman–Crippen LogP) is -1.12. The maximum absolute atomic E-state index is 12.1. The number of aliphatic hydroxyl groups excluding tert-OH is 1. The molecule has 20 heavy (non-hydrogen) atoms. The van der Waals surface area contributed by atoms with E-state index >= 15 is 0 Å². The van der Waals surface area contributed by atoms with Gasteiger partial charge in [-0.25, -0.2) is 8.42 Å². The monoisotopic (exact) mass is 306 g/mol. The lowest BCUT2D eigenvalue weighted by molar-refractivity contribution is -0.129. The SMILES string of the molecule is O=C(CCS(=O)(=O)N1CCOCC1)N1CCC(CO)C1. The Labute approximate surface area is 119 Å². The lowest BCUT2D eigenvalue weighted by Crippen LogP contribution is -2.42. The zero-order valence-electron chi connectivity index (χ0n) is 11.5. The fraction of sp³-hybridized carbons (Fsp3) is 0.917. The number of carbonyl (C=O) groups is 1. The second kappa shape index (κ2) is 6.84. The molecule has 0 saturated carbocycles.